The second-order valence-electron chi connectivity index (χ2n) is 12.3. The van der Waals surface area contributed by atoms with Crippen LogP contribution in [0.2, 0.25) is 0 Å². The molecule has 5 heterocycles. The molecule has 0 amide bonds. The van der Waals surface area contributed by atoms with E-state index in [2.05, 4.69) is 0 Å². The number of furan rings is 1. The SMILES string of the molecule is CC1(C)OC2CC(=O)OCC23C1CC(=O)C1(C)C3CC(O)C2(C)C(c3ccoc3)OC(=O)C3OC312. The number of epoxide rings is 1. The molecule has 7 rings (SSSR count). The van der Waals surface area contributed by atoms with Gasteiger partial charge in [0.1, 0.15) is 24.1 Å². The zero-order chi connectivity index (χ0) is 24.8. The van der Waals surface area contributed by atoms with E-state index in [1.807, 2.05) is 27.7 Å². The molecule has 6 fully saturated rings. The maximum absolute atomic E-state index is 14.3. The van der Waals surface area contributed by atoms with Crippen molar-refractivity contribution in [1.82, 2.24) is 0 Å². The molecule has 1 aromatic rings. The average Bonchev–Trinajstić information content (AvgIpc) is 3.28. The lowest BCUT2D eigenvalue weighted by atomic mass is 9.36. The summed E-state index contributed by atoms with van der Waals surface area (Å²) in [6, 6.07) is 1.71. The molecule has 0 aromatic carbocycles. The Hall–Kier alpha value is -2.23. The minimum absolute atomic E-state index is 0.00591. The van der Waals surface area contributed by atoms with Gasteiger partial charge in [0.25, 0.3) is 0 Å². The van der Waals surface area contributed by atoms with Gasteiger partial charge in [-0.25, -0.2) is 4.79 Å². The minimum atomic E-state index is -1.25. The maximum atomic E-state index is 14.3. The van der Waals surface area contributed by atoms with Gasteiger partial charge in [-0.05, 0) is 39.2 Å². The van der Waals surface area contributed by atoms with Gasteiger partial charge in [-0.3, -0.25) is 9.59 Å². The number of cyclic esters (lactones) is 2. The van der Waals surface area contributed by atoms with Gasteiger partial charge in [0, 0.05) is 23.3 Å². The van der Waals surface area contributed by atoms with E-state index in [1.54, 1.807) is 6.07 Å². The van der Waals surface area contributed by atoms with E-state index < -0.39 is 63.8 Å². The molecule has 188 valence electrons. The highest BCUT2D eigenvalue weighted by molar-refractivity contribution is 5.93. The summed E-state index contributed by atoms with van der Waals surface area (Å²) in [5.41, 5.74) is -4.15. The first-order valence-corrected chi connectivity index (χ1v) is 12.4. The number of carbonyl (C=O) groups excluding carboxylic acids is 3. The van der Waals surface area contributed by atoms with Crippen LogP contribution in [0.1, 0.15) is 58.6 Å². The van der Waals surface area contributed by atoms with Crippen LogP contribution in [0.25, 0.3) is 0 Å². The molecule has 9 nitrogen and oxygen atoms in total. The monoisotopic (exact) mass is 486 g/mol. The molecule has 6 aliphatic rings. The molecule has 0 bridgehead atoms. The van der Waals surface area contributed by atoms with Crippen LogP contribution in [0.4, 0.5) is 0 Å². The summed E-state index contributed by atoms with van der Waals surface area (Å²) in [6.45, 7) is 7.79. The number of ether oxygens (including phenoxy) is 4. The summed E-state index contributed by atoms with van der Waals surface area (Å²) in [4.78, 5) is 39.7. The van der Waals surface area contributed by atoms with E-state index in [-0.39, 0.29) is 43.5 Å². The lowest BCUT2D eigenvalue weighted by Crippen LogP contribution is -2.75. The molecular formula is C26H30O9. The topological polar surface area (TPSA) is 125 Å². The quantitative estimate of drug-likeness (QED) is 0.469. The van der Waals surface area contributed by atoms with Crippen LogP contribution in [0.3, 0.4) is 0 Å². The number of aliphatic hydroxyl groups excluding tert-OH is 1. The molecule has 9 heteroatoms. The number of hydrogen-bond acceptors (Lipinski definition) is 9. The number of carbonyl (C=O) groups is 3. The van der Waals surface area contributed by atoms with E-state index in [9.17, 15) is 19.5 Å². The first kappa shape index (κ1) is 22.0. The highest BCUT2D eigenvalue weighted by Crippen LogP contribution is 2.79. The van der Waals surface area contributed by atoms with E-state index in [0.717, 1.165) is 0 Å². The predicted octanol–water partition coefficient (Wildman–Crippen LogP) is 2.11. The molecule has 10 unspecified atom stereocenters. The van der Waals surface area contributed by atoms with Crippen molar-refractivity contribution in [2.24, 2.45) is 28.1 Å². The number of Topliss-reactive ketones (excluding diaryl/α,β-unsaturated/α-hetero) is 1. The molecule has 10 atom stereocenters. The molecular weight excluding hydrogens is 456 g/mol. The van der Waals surface area contributed by atoms with Crippen molar-refractivity contribution in [3.05, 3.63) is 24.2 Å². The van der Waals surface area contributed by atoms with Crippen molar-refractivity contribution in [2.45, 2.75) is 82.6 Å². The van der Waals surface area contributed by atoms with Crippen LogP contribution in [0.15, 0.2) is 23.0 Å². The van der Waals surface area contributed by atoms with Gasteiger partial charge in [0.15, 0.2) is 6.10 Å². The van der Waals surface area contributed by atoms with Gasteiger partial charge in [-0.1, -0.05) is 6.92 Å². The van der Waals surface area contributed by atoms with Gasteiger partial charge in [0.2, 0.25) is 0 Å². The number of fused-ring (bicyclic) bond motifs is 1. The Morgan fingerprint density at radius 2 is 1.77 bits per heavy atom. The fraction of sp³-hybridized carbons (Fsp3) is 0.731. The van der Waals surface area contributed by atoms with E-state index in [4.69, 9.17) is 23.4 Å². The molecule has 0 radical (unpaired) electrons. The maximum Gasteiger partial charge on any atom is 0.339 e. The largest absolute Gasteiger partial charge is 0.472 e. The molecule has 4 aliphatic heterocycles. The zero-order valence-corrected chi connectivity index (χ0v) is 20.2. The summed E-state index contributed by atoms with van der Waals surface area (Å²) in [6.07, 6.45) is 0.415. The van der Waals surface area contributed by atoms with Crippen LogP contribution in [-0.4, -0.2) is 58.9 Å². The third-order valence-electron chi connectivity index (χ3n) is 10.9. The summed E-state index contributed by atoms with van der Waals surface area (Å²) < 4.78 is 29.5. The van der Waals surface area contributed by atoms with Gasteiger partial charge in [-0.2, -0.15) is 0 Å². The van der Waals surface area contributed by atoms with Crippen molar-refractivity contribution in [1.29, 1.82) is 0 Å². The first-order chi connectivity index (χ1) is 16.4. The Morgan fingerprint density at radius 1 is 1.00 bits per heavy atom. The van der Waals surface area contributed by atoms with Crippen LogP contribution in [-0.2, 0) is 33.3 Å². The molecule has 4 saturated heterocycles. The van der Waals surface area contributed by atoms with Crippen molar-refractivity contribution < 1.29 is 42.9 Å². The fourth-order valence-corrected chi connectivity index (χ4v) is 9.28. The van der Waals surface area contributed by atoms with Crippen molar-refractivity contribution in [3.8, 4) is 0 Å². The Labute approximate surface area is 202 Å². The average molecular weight is 487 g/mol. The minimum Gasteiger partial charge on any atom is -0.472 e. The Bertz CT molecular complexity index is 1160. The molecule has 2 aliphatic carbocycles. The Balaban J connectivity index is 1.44. The molecule has 1 aromatic heterocycles. The molecule has 1 N–H and O–H groups in total. The zero-order valence-electron chi connectivity index (χ0n) is 20.2. The summed E-state index contributed by atoms with van der Waals surface area (Å²) in [5.74, 6) is -1.47. The van der Waals surface area contributed by atoms with Crippen molar-refractivity contribution >= 4 is 17.7 Å². The highest BCUT2D eigenvalue weighted by Gasteiger charge is 2.91. The smallest absolute Gasteiger partial charge is 0.339 e. The van der Waals surface area contributed by atoms with E-state index >= 15 is 0 Å². The lowest BCUT2D eigenvalue weighted by Gasteiger charge is -2.66. The number of esters is 2. The first-order valence-electron chi connectivity index (χ1n) is 12.4. The van der Waals surface area contributed by atoms with Crippen molar-refractivity contribution in [2.75, 3.05) is 6.61 Å². The van der Waals surface area contributed by atoms with Crippen LogP contribution in [0.5, 0.6) is 0 Å². The van der Waals surface area contributed by atoms with Gasteiger partial charge >= 0.3 is 11.9 Å². The molecule has 2 saturated carbocycles. The fourth-order valence-electron chi connectivity index (χ4n) is 9.28. The predicted molar refractivity (Wildman–Crippen MR) is 116 cm³/mol. The summed E-state index contributed by atoms with van der Waals surface area (Å²) >= 11 is 0. The number of rotatable bonds is 1. The lowest BCUT2D eigenvalue weighted by molar-refractivity contribution is -0.252. The van der Waals surface area contributed by atoms with Gasteiger partial charge in [0.05, 0.1) is 47.6 Å². The van der Waals surface area contributed by atoms with Crippen LogP contribution in [0, 0.1) is 28.1 Å². The number of ketones is 1. The van der Waals surface area contributed by atoms with Crippen molar-refractivity contribution in [3.63, 3.8) is 0 Å². The standard InChI is InChI=1S/C26H30O9/c1-22(2)13-7-15(27)23(3)14(25(13)11-32-18(29)9-17(25)34-22)8-16(28)24(4)19(12-5-6-31-10-12)33-21(30)20-26(23,24)35-20/h5-6,10,13-14,16-17,19-20,28H,7-9,11H2,1-4H3. The highest BCUT2D eigenvalue weighted by atomic mass is 16.7. The van der Waals surface area contributed by atoms with E-state index in [1.165, 1.54) is 12.5 Å². The second-order valence-corrected chi connectivity index (χ2v) is 12.3. The second kappa shape index (κ2) is 6.18. The Kier molecular flexibility index (Phi) is 3.88. The number of hydrogen-bond donors (Lipinski definition) is 1. The van der Waals surface area contributed by atoms with Gasteiger partial charge < -0.3 is 28.5 Å². The summed E-state index contributed by atoms with van der Waals surface area (Å²) in [7, 11) is 0. The third kappa shape index (κ3) is 2.14. The number of aliphatic hydroxyl groups is 1. The van der Waals surface area contributed by atoms with Gasteiger partial charge in [-0.15, -0.1) is 0 Å². The normalized spacial score (nSPS) is 53.3. The third-order valence-corrected chi connectivity index (χ3v) is 10.9. The van der Waals surface area contributed by atoms with Crippen LogP contribution < -0.4 is 0 Å². The summed E-state index contributed by atoms with van der Waals surface area (Å²) in [5, 5.41) is 11.9. The van der Waals surface area contributed by atoms with E-state index in [0.29, 0.717) is 5.56 Å². The Morgan fingerprint density at radius 3 is 2.49 bits per heavy atom. The molecule has 35 heavy (non-hydrogen) atoms. The van der Waals surface area contributed by atoms with Crippen LogP contribution >= 0.6 is 0 Å². The molecule has 2 spiro atoms.